The summed E-state index contributed by atoms with van der Waals surface area (Å²) < 4.78 is 37.8. The molecule has 18 heavy (non-hydrogen) atoms. The molecule has 5 heteroatoms. The molecule has 2 rings (SSSR count). The zero-order valence-corrected chi connectivity index (χ0v) is 10.0. The van der Waals surface area contributed by atoms with Gasteiger partial charge in [-0.1, -0.05) is 13.8 Å². The van der Waals surface area contributed by atoms with E-state index in [0.29, 0.717) is 16.7 Å². The third kappa shape index (κ3) is 2.25. The number of nitrogens with two attached hydrogens (primary N) is 1. The molecular formula is C13H13F3N2. The number of hydrogen-bond donors (Lipinski definition) is 1. The zero-order chi connectivity index (χ0) is 13.5. The SMILES string of the molecule is CC(C)c1cc2cc(C(F)(F)F)ccc2nc1N. The molecular weight excluding hydrogens is 241 g/mol. The Hall–Kier alpha value is -1.78. The van der Waals surface area contributed by atoms with Crippen LogP contribution in [0, 0.1) is 0 Å². The zero-order valence-electron chi connectivity index (χ0n) is 10.0. The number of nitrogens with zero attached hydrogens (tertiary/aromatic N) is 1. The third-order valence-corrected chi connectivity index (χ3v) is 2.82. The summed E-state index contributed by atoms with van der Waals surface area (Å²) in [6, 6.07) is 5.15. The number of alkyl halides is 3. The first-order valence-corrected chi connectivity index (χ1v) is 5.56. The maximum atomic E-state index is 12.6. The maximum absolute atomic E-state index is 12.6. The van der Waals surface area contributed by atoms with Gasteiger partial charge >= 0.3 is 6.18 Å². The van der Waals surface area contributed by atoms with E-state index in [-0.39, 0.29) is 5.92 Å². The van der Waals surface area contributed by atoms with Crippen molar-refractivity contribution in [2.75, 3.05) is 5.73 Å². The molecule has 0 bridgehead atoms. The normalized spacial score (nSPS) is 12.3. The molecule has 0 fully saturated rings. The number of halogens is 3. The second-order valence-corrected chi connectivity index (χ2v) is 4.52. The maximum Gasteiger partial charge on any atom is 0.416 e. The van der Waals surface area contributed by atoms with Gasteiger partial charge < -0.3 is 5.73 Å². The second-order valence-electron chi connectivity index (χ2n) is 4.52. The monoisotopic (exact) mass is 254 g/mol. The number of anilines is 1. The van der Waals surface area contributed by atoms with Crippen LogP contribution >= 0.6 is 0 Å². The summed E-state index contributed by atoms with van der Waals surface area (Å²) in [7, 11) is 0. The molecule has 0 aliphatic rings. The Bertz CT molecular complexity index is 589. The van der Waals surface area contributed by atoms with Crippen LogP contribution in [0.1, 0.15) is 30.9 Å². The number of hydrogen-bond acceptors (Lipinski definition) is 2. The largest absolute Gasteiger partial charge is 0.416 e. The smallest absolute Gasteiger partial charge is 0.383 e. The molecule has 1 aromatic heterocycles. The van der Waals surface area contributed by atoms with Gasteiger partial charge in [-0.05, 0) is 35.7 Å². The quantitative estimate of drug-likeness (QED) is 0.836. The minimum atomic E-state index is -4.34. The van der Waals surface area contributed by atoms with E-state index in [1.807, 2.05) is 13.8 Å². The molecule has 1 aromatic carbocycles. The lowest BCUT2D eigenvalue weighted by Crippen LogP contribution is -2.05. The van der Waals surface area contributed by atoms with Crippen LogP contribution in [0.25, 0.3) is 10.9 Å². The number of fused-ring (bicyclic) bond motifs is 1. The van der Waals surface area contributed by atoms with Crippen molar-refractivity contribution in [3.05, 3.63) is 35.4 Å². The highest BCUT2D eigenvalue weighted by molar-refractivity contribution is 5.82. The van der Waals surface area contributed by atoms with Crippen molar-refractivity contribution in [3.63, 3.8) is 0 Å². The van der Waals surface area contributed by atoms with E-state index in [9.17, 15) is 13.2 Å². The fourth-order valence-electron chi connectivity index (χ4n) is 1.85. The predicted molar refractivity (Wildman–Crippen MR) is 65.2 cm³/mol. The predicted octanol–water partition coefficient (Wildman–Crippen LogP) is 3.96. The molecule has 0 saturated carbocycles. The Morgan fingerprint density at radius 1 is 1.17 bits per heavy atom. The summed E-state index contributed by atoms with van der Waals surface area (Å²) in [5.41, 5.74) is 6.35. The standard InChI is InChI=1S/C13H13F3N2/c1-7(2)10-6-8-5-9(13(14,15)16)3-4-11(8)18-12(10)17/h3-7H,1-2H3,(H2,17,18). The second kappa shape index (κ2) is 4.15. The van der Waals surface area contributed by atoms with E-state index in [1.165, 1.54) is 6.07 Å². The lowest BCUT2D eigenvalue weighted by molar-refractivity contribution is -0.137. The first kappa shape index (κ1) is 12.7. The van der Waals surface area contributed by atoms with Crippen molar-refractivity contribution in [2.24, 2.45) is 0 Å². The van der Waals surface area contributed by atoms with Crippen molar-refractivity contribution < 1.29 is 13.2 Å². The van der Waals surface area contributed by atoms with E-state index >= 15 is 0 Å². The summed E-state index contributed by atoms with van der Waals surface area (Å²) in [5.74, 6) is 0.494. The van der Waals surface area contributed by atoms with Gasteiger partial charge in [-0.15, -0.1) is 0 Å². The Morgan fingerprint density at radius 3 is 2.39 bits per heavy atom. The van der Waals surface area contributed by atoms with Gasteiger partial charge in [0, 0.05) is 5.39 Å². The Labute approximate surface area is 103 Å². The minimum absolute atomic E-state index is 0.122. The number of pyridine rings is 1. The molecule has 0 saturated heterocycles. The van der Waals surface area contributed by atoms with Crippen LogP contribution in [0.15, 0.2) is 24.3 Å². The first-order chi connectivity index (χ1) is 8.29. The lowest BCUT2D eigenvalue weighted by Gasteiger charge is -2.12. The van der Waals surface area contributed by atoms with Gasteiger partial charge in [0.15, 0.2) is 0 Å². The van der Waals surface area contributed by atoms with Crippen molar-refractivity contribution >= 4 is 16.7 Å². The van der Waals surface area contributed by atoms with E-state index in [1.54, 1.807) is 6.07 Å². The average molecular weight is 254 g/mol. The molecule has 2 nitrogen and oxygen atoms in total. The van der Waals surface area contributed by atoms with Gasteiger partial charge in [0.25, 0.3) is 0 Å². The fourth-order valence-corrected chi connectivity index (χ4v) is 1.85. The summed E-state index contributed by atoms with van der Waals surface area (Å²) in [4.78, 5) is 4.13. The Morgan fingerprint density at radius 2 is 1.83 bits per heavy atom. The number of benzene rings is 1. The first-order valence-electron chi connectivity index (χ1n) is 5.56. The summed E-state index contributed by atoms with van der Waals surface area (Å²) >= 11 is 0. The summed E-state index contributed by atoms with van der Waals surface area (Å²) in [6.07, 6.45) is -4.34. The average Bonchev–Trinajstić information content (AvgIpc) is 2.25. The molecule has 0 aliphatic heterocycles. The number of nitrogen functional groups attached to an aromatic ring is 1. The van der Waals surface area contributed by atoms with Crippen molar-refractivity contribution in [3.8, 4) is 0 Å². The third-order valence-electron chi connectivity index (χ3n) is 2.82. The number of rotatable bonds is 1. The highest BCUT2D eigenvalue weighted by Crippen LogP contribution is 2.32. The van der Waals surface area contributed by atoms with Crippen molar-refractivity contribution in [1.29, 1.82) is 0 Å². The van der Waals surface area contributed by atoms with Crippen LogP contribution < -0.4 is 5.73 Å². The topological polar surface area (TPSA) is 38.9 Å². The molecule has 0 spiro atoms. The molecule has 0 amide bonds. The van der Waals surface area contributed by atoms with Gasteiger partial charge in [0.05, 0.1) is 11.1 Å². The van der Waals surface area contributed by atoms with E-state index in [0.717, 1.165) is 17.7 Å². The van der Waals surface area contributed by atoms with E-state index in [4.69, 9.17) is 5.73 Å². The number of aromatic nitrogens is 1. The van der Waals surface area contributed by atoms with Crippen molar-refractivity contribution in [1.82, 2.24) is 4.98 Å². The summed E-state index contributed by atoms with van der Waals surface area (Å²) in [5, 5.41) is 0.461. The fraction of sp³-hybridized carbons (Fsp3) is 0.308. The molecule has 96 valence electrons. The highest BCUT2D eigenvalue weighted by atomic mass is 19.4. The van der Waals surface area contributed by atoms with Gasteiger partial charge in [-0.2, -0.15) is 13.2 Å². The molecule has 2 N–H and O–H groups in total. The molecule has 0 atom stereocenters. The van der Waals surface area contributed by atoms with Crippen LogP contribution in [0.4, 0.5) is 19.0 Å². The van der Waals surface area contributed by atoms with Crippen LogP contribution in [-0.2, 0) is 6.18 Å². The Balaban J connectivity index is 2.65. The highest BCUT2D eigenvalue weighted by Gasteiger charge is 2.30. The van der Waals surface area contributed by atoms with Gasteiger partial charge in [0.2, 0.25) is 0 Å². The molecule has 0 unspecified atom stereocenters. The molecule has 2 aromatic rings. The van der Waals surface area contributed by atoms with E-state index in [2.05, 4.69) is 4.98 Å². The van der Waals surface area contributed by atoms with Crippen molar-refractivity contribution in [2.45, 2.75) is 25.9 Å². The minimum Gasteiger partial charge on any atom is -0.383 e. The van der Waals surface area contributed by atoms with Crippen LogP contribution in [0.5, 0.6) is 0 Å². The van der Waals surface area contributed by atoms with Gasteiger partial charge in [-0.25, -0.2) is 4.98 Å². The molecule has 0 aliphatic carbocycles. The Kier molecular flexibility index (Phi) is 2.92. The van der Waals surface area contributed by atoms with E-state index < -0.39 is 11.7 Å². The van der Waals surface area contributed by atoms with Crippen LogP contribution in [0.3, 0.4) is 0 Å². The molecule has 0 radical (unpaired) electrons. The lowest BCUT2D eigenvalue weighted by atomic mass is 10.0. The van der Waals surface area contributed by atoms with Crippen LogP contribution in [0.2, 0.25) is 0 Å². The van der Waals surface area contributed by atoms with Gasteiger partial charge in [0.1, 0.15) is 5.82 Å². The van der Waals surface area contributed by atoms with Gasteiger partial charge in [-0.3, -0.25) is 0 Å². The summed E-state index contributed by atoms with van der Waals surface area (Å²) in [6.45, 7) is 3.85. The molecule has 1 heterocycles. The van der Waals surface area contributed by atoms with Crippen LogP contribution in [-0.4, -0.2) is 4.98 Å².